The Morgan fingerprint density at radius 3 is 2.67 bits per heavy atom. The van der Waals surface area contributed by atoms with E-state index in [0.717, 1.165) is 37.2 Å². The molecule has 0 aliphatic carbocycles. The first kappa shape index (κ1) is 11.7. The van der Waals surface area contributed by atoms with Gasteiger partial charge in [0.05, 0.1) is 0 Å². The minimum atomic E-state index is -0.712. The first-order chi connectivity index (χ1) is 7.11. The van der Waals surface area contributed by atoms with Crippen LogP contribution in [0.5, 0.6) is 0 Å². The number of H-pyrrole nitrogens is 1. The summed E-state index contributed by atoms with van der Waals surface area (Å²) in [7, 11) is 0. The molecule has 1 aromatic heterocycles. The third-order valence-electron chi connectivity index (χ3n) is 2.54. The highest BCUT2D eigenvalue weighted by molar-refractivity contribution is 5.66. The zero-order chi connectivity index (χ0) is 11.3. The van der Waals surface area contributed by atoms with Crippen molar-refractivity contribution in [2.45, 2.75) is 46.1 Å². The summed E-state index contributed by atoms with van der Waals surface area (Å²) in [6.45, 7) is 4.87. The minimum absolute atomic E-state index is 0.269. The largest absolute Gasteiger partial charge is 0.481 e. The van der Waals surface area contributed by atoms with E-state index in [1.807, 2.05) is 18.5 Å². The summed E-state index contributed by atoms with van der Waals surface area (Å²) in [5.41, 5.74) is 2.16. The topological polar surface area (TPSA) is 69.9 Å². The van der Waals surface area contributed by atoms with Gasteiger partial charge in [-0.2, -0.15) is 4.68 Å². The number of aryl methyl sites for hydroxylation is 2. The molecule has 84 valence electrons. The Labute approximate surface area is 89.1 Å². The van der Waals surface area contributed by atoms with E-state index in [0.29, 0.717) is 0 Å². The third-order valence-corrected chi connectivity index (χ3v) is 2.54. The highest BCUT2D eigenvalue weighted by Crippen LogP contribution is 2.00. The van der Waals surface area contributed by atoms with Gasteiger partial charge in [-0.1, -0.05) is 5.21 Å². The van der Waals surface area contributed by atoms with E-state index in [1.54, 1.807) is 0 Å². The molecule has 0 aliphatic rings. The summed E-state index contributed by atoms with van der Waals surface area (Å²) >= 11 is 0. The monoisotopic (exact) mass is 212 g/mol. The van der Waals surface area contributed by atoms with Gasteiger partial charge in [0.25, 0.3) is 0 Å². The fourth-order valence-electron chi connectivity index (χ4n) is 1.43. The van der Waals surface area contributed by atoms with Crippen molar-refractivity contribution in [3.8, 4) is 0 Å². The number of aromatic nitrogens is 3. The molecule has 2 N–H and O–H groups in total. The van der Waals surface area contributed by atoms with Crippen molar-refractivity contribution in [1.29, 1.82) is 0 Å². The summed E-state index contributed by atoms with van der Waals surface area (Å²) < 4.78 is 2.00. The zero-order valence-corrected chi connectivity index (χ0v) is 9.29. The Kier molecular flexibility index (Phi) is 4.27. The Morgan fingerprint density at radius 1 is 1.40 bits per heavy atom. The van der Waals surface area contributed by atoms with E-state index in [4.69, 9.17) is 5.11 Å². The summed E-state index contributed by atoms with van der Waals surface area (Å²) in [5, 5.41) is 15.5. The Morgan fingerprint density at radius 2 is 2.13 bits per heavy atom. The molecule has 0 amide bonds. The lowest BCUT2D eigenvalue weighted by Crippen LogP contribution is -2.38. The van der Waals surface area contributed by atoms with Crippen molar-refractivity contribution < 1.29 is 14.6 Å². The van der Waals surface area contributed by atoms with Crippen molar-refractivity contribution in [1.82, 2.24) is 10.3 Å². The smallest absolute Gasteiger partial charge is 0.303 e. The maximum absolute atomic E-state index is 10.3. The van der Waals surface area contributed by atoms with Gasteiger partial charge >= 0.3 is 5.97 Å². The SMILES string of the molecule is Cc1n[nH][n+](CCCCCC(=O)O)c1C. The van der Waals surface area contributed by atoms with E-state index in [1.165, 1.54) is 0 Å². The Balaban J connectivity index is 2.20. The summed E-state index contributed by atoms with van der Waals surface area (Å²) in [4.78, 5) is 10.3. The molecule has 0 saturated heterocycles. The highest BCUT2D eigenvalue weighted by Gasteiger charge is 2.11. The molecule has 1 rings (SSSR count). The number of unbranched alkanes of at least 4 members (excludes halogenated alkanes) is 2. The Hall–Kier alpha value is -1.39. The fraction of sp³-hybridized carbons (Fsp3) is 0.700. The molecule has 0 aliphatic heterocycles. The number of carbonyl (C=O) groups is 1. The van der Waals surface area contributed by atoms with Crippen LogP contribution in [0.3, 0.4) is 0 Å². The molecule has 0 fully saturated rings. The normalized spacial score (nSPS) is 10.5. The number of hydrogen-bond donors (Lipinski definition) is 2. The molecule has 5 nitrogen and oxygen atoms in total. The standard InChI is InChI=1S/C10H17N3O2/c1-8-9(2)13(12-11-8)7-5-3-4-6-10(14)15/h3-7H2,1-2H3,(H,14,15)/p+1. The van der Waals surface area contributed by atoms with Crippen molar-refractivity contribution in [2.75, 3.05) is 0 Å². The van der Waals surface area contributed by atoms with Crippen LogP contribution in [0.2, 0.25) is 0 Å². The summed E-state index contributed by atoms with van der Waals surface area (Å²) in [5.74, 6) is -0.712. The number of hydrogen-bond acceptors (Lipinski definition) is 2. The van der Waals surface area contributed by atoms with Crippen LogP contribution < -0.4 is 4.68 Å². The number of nitrogens with zero attached hydrogens (tertiary/aromatic N) is 2. The number of aliphatic carboxylic acids is 1. The van der Waals surface area contributed by atoms with Crippen LogP contribution in [0.25, 0.3) is 0 Å². The minimum Gasteiger partial charge on any atom is -0.481 e. The summed E-state index contributed by atoms with van der Waals surface area (Å²) in [6.07, 6.45) is 2.95. The van der Waals surface area contributed by atoms with Crippen molar-refractivity contribution in [2.24, 2.45) is 0 Å². The lowest BCUT2D eigenvalue weighted by atomic mass is 10.2. The molecule has 0 unspecified atom stereocenters. The van der Waals surface area contributed by atoms with Gasteiger partial charge in [-0.25, -0.2) is 0 Å². The van der Waals surface area contributed by atoms with Gasteiger partial charge in [0.2, 0.25) is 5.69 Å². The molecular weight excluding hydrogens is 194 g/mol. The van der Waals surface area contributed by atoms with Crippen LogP contribution in [0.15, 0.2) is 0 Å². The lowest BCUT2D eigenvalue weighted by molar-refractivity contribution is -0.759. The zero-order valence-electron chi connectivity index (χ0n) is 9.29. The van der Waals surface area contributed by atoms with Crippen LogP contribution in [0, 0.1) is 13.8 Å². The molecule has 0 saturated carbocycles. The van der Waals surface area contributed by atoms with Crippen LogP contribution in [0.1, 0.15) is 37.1 Å². The second kappa shape index (κ2) is 5.48. The lowest BCUT2D eigenvalue weighted by Gasteiger charge is -1.97. The highest BCUT2D eigenvalue weighted by atomic mass is 16.4. The number of carboxylic acid groups (broad SMARTS) is 1. The molecule has 15 heavy (non-hydrogen) atoms. The van der Waals surface area contributed by atoms with Crippen LogP contribution in [-0.4, -0.2) is 21.4 Å². The Bertz CT molecular complexity index is 333. The molecule has 0 bridgehead atoms. The van der Waals surface area contributed by atoms with Crippen molar-refractivity contribution >= 4 is 5.97 Å². The molecule has 1 heterocycles. The molecular formula is C10H18N3O2+. The third kappa shape index (κ3) is 3.69. The second-order valence-corrected chi connectivity index (χ2v) is 3.74. The van der Waals surface area contributed by atoms with Gasteiger partial charge in [0.1, 0.15) is 6.54 Å². The fourth-order valence-corrected chi connectivity index (χ4v) is 1.43. The molecule has 0 spiro atoms. The quantitative estimate of drug-likeness (QED) is 0.545. The number of nitrogens with one attached hydrogen (secondary N) is 1. The van der Waals surface area contributed by atoms with Gasteiger partial charge in [0, 0.05) is 25.4 Å². The van der Waals surface area contributed by atoms with E-state index in [-0.39, 0.29) is 6.42 Å². The predicted molar refractivity (Wildman–Crippen MR) is 54.4 cm³/mol. The average molecular weight is 212 g/mol. The molecule has 5 heteroatoms. The molecule has 0 atom stereocenters. The van der Waals surface area contributed by atoms with Gasteiger partial charge < -0.3 is 5.11 Å². The molecule has 0 aromatic carbocycles. The first-order valence-corrected chi connectivity index (χ1v) is 5.24. The number of rotatable bonds is 6. The number of carboxylic acids is 1. The van der Waals surface area contributed by atoms with Gasteiger partial charge in [-0.15, -0.1) is 0 Å². The maximum atomic E-state index is 10.3. The maximum Gasteiger partial charge on any atom is 0.303 e. The van der Waals surface area contributed by atoms with Crippen LogP contribution in [0.4, 0.5) is 0 Å². The van der Waals surface area contributed by atoms with E-state index < -0.39 is 5.97 Å². The van der Waals surface area contributed by atoms with Crippen LogP contribution in [-0.2, 0) is 11.3 Å². The van der Waals surface area contributed by atoms with Gasteiger partial charge in [-0.05, 0) is 19.3 Å². The molecule has 1 aromatic rings. The van der Waals surface area contributed by atoms with Crippen molar-refractivity contribution in [3.05, 3.63) is 11.4 Å². The number of aromatic amines is 1. The van der Waals surface area contributed by atoms with Gasteiger partial charge in [-0.3, -0.25) is 4.79 Å². The van der Waals surface area contributed by atoms with E-state index in [2.05, 4.69) is 10.3 Å². The first-order valence-electron chi connectivity index (χ1n) is 5.24. The predicted octanol–water partition coefficient (Wildman–Crippen LogP) is 0.959. The van der Waals surface area contributed by atoms with Crippen LogP contribution >= 0.6 is 0 Å². The molecule has 0 radical (unpaired) electrons. The van der Waals surface area contributed by atoms with E-state index >= 15 is 0 Å². The van der Waals surface area contributed by atoms with Gasteiger partial charge in [0.15, 0.2) is 5.69 Å². The summed E-state index contributed by atoms with van der Waals surface area (Å²) in [6, 6.07) is 0. The average Bonchev–Trinajstić information content (AvgIpc) is 2.48. The van der Waals surface area contributed by atoms with E-state index in [9.17, 15) is 4.79 Å². The second-order valence-electron chi connectivity index (χ2n) is 3.74. The van der Waals surface area contributed by atoms with Crippen molar-refractivity contribution in [3.63, 3.8) is 0 Å².